The molecule has 1 aromatic heterocycles. The molecule has 16 heavy (non-hydrogen) atoms. The first-order valence-electron chi connectivity index (χ1n) is 4.40. The van der Waals surface area contributed by atoms with Gasteiger partial charge in [0.2, 0.25) is 5.76 Å². The van der Waals surface area contributed by atoms with Gasteiger partial charge >= 0.3 is 5.97 Å². The maximum atomic E-state index is 10.7. The number of ether oxygens (including phenoxy) is 1. The number of carboxylic acids is 1. The first kappa shape index (κ1) is 10.1. The van der Waals surface area contributed by atoms with Crippen molar-refractivity contribution in [2.24, 2.45) is 0 Å². The zero-order valence-corrected chi connectivity index (χ0v) is 8.35. The summed E-state index contributed by atoms with van der Waals surface area (Å²) in [6, 6.07) is 6.33. The van der Waals surface area contributed by atoms with Crippen LogP contribution in [0.15, 0.2) is 22.6 Å². The summed E-state index contributed by atoms with van der Waals surface area (Å²) in [5.74, 6) is -0.912. The number of carboxylic acid groups (broad SMARTS) is 1. The Morgan fingerprint density at radius 3 is 2.81 bits per heavy atom. The molecule has 0 aliphatic rings. The highest BCUT2D eigenvalue weighted by atomic mass is 16.5. The molecule has 2 aromatic rings. The number of rotatable bonds is 2. The second-order valence-electron chi connectivity index (χ2n) is 3.12. The summed E-state index contributed by atoms with van der Waals surface area (Å²) in [7, 11) is 1.45. The lowest BCUT2D eigenvalue weighted by Crippen LogP contribution is -1.91. The second-order valence-corrected chi connectivity index (χ2v) is 3.12. The number of methoxy groups -OCH3 is 1. The molecule has 0 saturated carbocycles. The van der Waals surface area contributed by atoms with Gasteiger partial charge in [0.15, 0.2) is 0 Å². The van der Waals surface area contributed by atoms with Gasteiger partial charge in [-0.25, -0.2) is 4.79 Å². The van der Waals surface area contributed by atoms with Crippen molar-refractivity contribution >= 4 is 16.9 Å². The van der Waals surface area contributed by atoms with Crippen LogP contribution in [0.1, 0.15) is 16.1 Å². The van der Waals surface area contributed by atoms with Crippen molar-refractivity contribution in [2.75, 3.05) is 7.11 Å². The maximum Gasteiger partial charge on any atom is 0.371 e. The molecule has 0 fully saturated rings. The summed E-state index contributed by atoms with van der Waals surface area (Å²) in [5.41, 5.74) is 0.684. The number of nitrogens with zero attached hydrogens (tertiary/aromatic N) is 1. The smallest absolute Gasteiger partial charge is 0.371 e. The van der Waals surface area contributed by atoms with Gasteiger partial charge in [0, 0.05) is 6.07 Å². The fraction of sp³-hybridized carbons (Fsp3) is 0.0909. The number of carbonyl (C=O) groups is 1. The van der Waals surface area contributed by atoms with Crippen molar-refractivity contribution in [3.05, 3.63) is 29.5 Å². The van der Waals surface area contributed by atoms with Gasteiger partial charge in [0.1, 0.15) is 11.3 Å². The van der Waals surface area contributed by atoms with E-state index in [2.05, 4.69) is 0 Å². The van der Waals surface area contributed by atoms with Gasteiger partial charge in [-0.3, -0.25) is 0 Å². The molecule has 80 valence electrons. The van der Waals surface area contributed by atoms with Crippen LogP contribution in [0.2, 0.25) is 0 Å². The Morgan fingerprint density at radius 2 is 2.25 bits per heavy atom. The number of nitriles is 1. The van der Waals surface area contributed by atoms with E-state index in [0.29, 0.717) is 22.3 Å². The molecule has 5 nitrogen and oxygen atoms in total. The standard InChI is InChI=1S/C11H7NO4/c1-15-8-2-6(5-12)3-9-7(8)4-10(16-9)11(13)14/h2-4H,1H3,(H,13,14). The molecule has 0 unspecified atom stereocenters. The van der Waals surface area contributed by atoms with E-state index in [1.807, 2.05) is 6.07 Å². The first-order chi connectivity index (χ1) is 7.65. The molecule has 0 aliphatic carbocycles. The fourth-order valence-corrected chi connectivity index (χ4v) is 1.45. The summed E-state index contributed by atoms with van der Waals surface area (Å²) in [6.07, 6.45) is 0. The molecule has 0 saturated heterocycles. The predicted octanol–water partition coefficient (Wildman–Crippen LogP) is 2.01. The third-order valence-corrected chi connectivity index (χ3v) is 2.16. The normalized spacial score (nSPS) is 10.0. The molecule has 0 spiro atoms. The van der Waals surface area contributed by atoms with Crippen molar-refractivity contribution in [2.45, 2.75) is 0 Å². The summed E-state index contributed by atoms with van der Waals surface area (Å²) in [5, 5.41) is 18.1. The lowest BCUT2D eigenvalue weighted by atomic mass is 10.1. The van der Waals surface area contributed by atoms with Crippen molar-refractivity contribution in [1.29, 1.82) is 5.26 Å². The molecule has 0 atom stereocenters. The van der Waals surface area contributed by atoms with Crippen LogP contribution < -0.4 is 4.74 Å². The van der Waals surface area contributed by atoms with Crippen LogP contribution in [0.4, 0.5) is 0 Å². The zero-order valence-electron chi connectivity index (χ0n) is 8.35. The third-order valence-electron chi connectivity index (χ3n) is 2.16. The van der Waals surface area contributed by atoms with Gasteiger partial charge in [-0.2, -0.15) is 5.26 Å². The van der Waals surface area contributed by atoms with Gasteiger partial charge in [0.25, 0.3) is 0 Å². The Hall–Kier alpha value is -2.48. The Balaban J connectivity index is 2.76. The van der Waals surface area contributed by atoms with Crippen molar-refractivity contribution in [3.8, 4) is 11.8 Å². The molecular weight excluding hydrogens is 210 g/mol. The van der Waals surface area contributed by atoms with Crippen LogP contribution in [0, 0.1) is 11.3 Å². The van der Waals surface area contributed by atoms with E-state index in [4.69, 9.17) is 19.5 Å². The minimum atomic E-state index is -1.16. The lowest BCUT2D eigenvalue weighted by molar-refractivity contribution is 0.0665. The van der Waals surface area contributed by atoms with E-state index >= 15 is 0 Å². The average molecular weight is 217 g/mol. The SMILES string of the molecule is COc1cc(C#N)cc2oc(C(=O)O)cc12. The molecule has 1 aromatic carbocycles. The summed E-state index contributed by atoms with van der Waals surface area (Å²) < 4.78 is 10.1. The van der Waals surface area contributed by atoms with E-state index in [-0.39, 0.29) is 5.76 Å². The molecule has 0 amide bonds. The van der Waals surface area contributed by atoms with Gasteiger partial charge in [-0.1, -0.05) is 0 Å². The van der Waals surface area contributed by atoms with Gasteiger partial charge in [-0.05, 0) is 12.1 Å². The number of hydrogen-bond donors (Lipinski definition) is 1. The average Bonchev–Trinajstić information content (AvgIpc) is 2.71. The number of benzene rings is 1. The minimum absolute atomic E-state index is 0.177. The Labute approximate surface area is 90.5 Å². The van der Waals surface area contributed by atoms with E-state index in [0.717, 1.165) is 0 Å². The minimum Gasteiger partial charge on any atom is -0.496 e. The Bertz CT molecular complexity index is 606. The van der Waals surface area contributed by atoms with E-state index in [1.54, 1.807) is 0 Å². The van der Waals surface area contributed by atoms with Crippen LogP contribution >= 0.6 is 0 Å². The highest BCUT2D eigenvalue weighted by molar-refractivity contribution is 5.94. The molecule has 5 heteroatoms. The molecule has 0 radical (unpaired) electrons. The van der Waals surface area contributed by atoms with E-state index < -0.39 is 5.97 Å². The highest BCUT2D eigenvalue weighted by Crippen LogP contribution is 2.30. The molecule has 1 heterocycles. The first-order valence-corrected chi connectivity index (χ1v) is 4.40. The van der Waals surface area contributed by atoms with Crippen molar-refractivity contribution in [1.82, 2.24) is 0 Å². The van der Waals surface area contributed by atoms with Crippen LogP contribution in [0.5, 0.6) is 5.75 Å². The molecule has 0 aliphatic heterocycles. The molecule has 1 N–H and O–H groups in total. The number of fused-ring (bicyclic) bond motifs is 1. The van der Waals surface area contributed by atoms with Gasteiger partial charge in [0.05, 0.1) is 24.1 Å². The maximum absolute atomic E-state index is 10.7. The van der Waals surface area contributed by atoms with Crippen LogP contribution in [0.3, 0.4) is 0 Å². The zero-order chi connectivity index (χ0) is 11.7. The summed E-state index contributed by atoms with van der Waals surface area (Å²) in [4.78, 5) is 10.7. The molecule has 0 bridgehead atoms. The predicted molar refractivity (Wildman–Crippen MR) is 54.4 cm³/mol. The molecule has 2 rings (SSSR count). The van der Waals surface area contributed by atoms with Crippen LogP contribution in [0.25, 0.3) is 11.0 Å². The summed E-state index contributed by atoms with van der Waals surface area (Å²) >= 11 is 0. The number of hydrogen-bond acceptors (Lipinski definition) is 4. The van der Waals surface area contributed by atoms with Crippen molar-refractivity contribution in [3.63, 3.8) is 0 Å². The van der Waals surface area contributed by atoms with E-state index in [9.17, 15) is 4.79 Å². The topological polar surface area (TPSA) is 83.5 Å². The third kappa shape index (κ3) is 1.46. The monoisotopic (exact) mass is 217 g/mol. The Morgan fingerprint density at radius 1 is 1.50 bits per heavy atom. The quantitative estimate of drug-likeness (QED) is 0.831. The Kier molecular flexibility index (Phi) is 2.25. The largest absolute Gasteiger partial charge is 0.496 e. The van der Waals surface area contributed by atoms with Crippen LogP contribution in [-0.4, -0.2) is 18.2 Å². The fourth-order valence-electron chi connectivity index (χ4n) is 1.45. The second kappa shape index (κ2) is 3.59. The highest BCUT2D eigenvalue weighted by Gasteiger charge is 2.14. The lowest BCUT2D eigenvalue weighted by Gasteiger charge is -2.00. The number of aromatic carboxylic acids is 1. The van der Waals surface area contributed by atoms with E-state index in [1.165, 1.54) is 25.3 Å². The molecular formula is C11H7NO4. The van der Waals surface area contributed by atoms with Gasteiger partial charge < -0.3 is 14.3 Å². The van der Waals surface area contributed by atoms with Crippen molar-refractivity contribution < 1.29 is 19.1 Å². The summed E-state index contributed by atoms with van der Waals surface area (Å²) in [6.45, 7) is 0. The van der Waals surface area contributed by atoms with Gasteiger partial charge in [-0.15, -0.1) is 0 Å². The van der Waals surface area contributed by atoms with Crippen LogP contribution in [-0.2, 0) is 0 Å². The number of furan rings is 1.